The van der Waals surface area contributed by atoms with Crippen molar-refractivity contribution in [1.82, 2.24) is 5.32 Å². The number of rotatable bonds is 4. The molecule has 1 N–H and O–H groups in total. The first-order valence-electron chi connectivity index (χ1n) is 6.07. The van der Waals surface area contributed by atoms with Crippen LogP contribution >= 0.6 is 15.9 Å². The van der Waals surface area contributed by atoms with Gasteiger partial charge in [0.25, 0.3) is 0 Å². The molecule has 0 radical (unpaired) electrons. The van der Waals surface area contributed by atoms with Crippen LogP contribution in [0.2, 0.25) is 0 Å². The van der Waals surface area contributed by atoms with Gasteiger partial charge in [0.15, 0.2) is 0 Å². The van der Waals surface area contributed by atoms with Crippen LogP contribution in [0.15, 0.2) is 34.8 Å². The fraction of sp³-hybridized carbons (Fsp3) is 0.357. The van der Waals surface area contributed by atoms with Crippen LogP contribution in [0.5, 0.6) is 0 Å². The molecule has 0 spiro atoms. The lowest BCUT2D eigenvalue weighted by atomic mass is 10.2. The maximum absolute atomic E-state index is 11.6. The first-order chi connectivity index (χ1) is 8.74. The molecule has 18 heavy (non-hydrogen) atoms. The summed E-state index contributed by atoms with van der Waals surface area (Å²) in [4.78, 5) is 11.6. The Hall–Kier alpha value is -1.13. The van der Waals surface area contributed by atoms with Crippen molar-refractivity contribution in [1.29, 1.82) is 0 Å². The lowest BCUT2D eigenvalue weighted by molar-refractivity contribution is -0.116. The number of hydrogen-bond donors (Lipinski definition) is 1. The molecular weight excluding hydrogens is 294 g/mol. The summed E-state index contributed by atoms with van der Waals surface area (Å²) in [5.74, 6) is -0.0755. The quantitative estimate of drug-likeness (QED) is 0.869. The van der Waals surface area contributed by atoms with E-state index in [0.29, 0.717) is 6.54 Å². The molecule has 4 heteroatoms. The number of halogens is 1. The van der Waals surface area contributed by atoms with Gasteiger partial charge in [0, 0.05) is 23.7 Å². The van der Waals surface area contributed by atoms with E-state index in [0.717, 1.165) is 29.5 Å². The van der Waals surface area contributed by atoms with Gasteiger partial charge in [-0.15, -0.1) is 0 Å². The second-order valence-corrected chi connectivity index (χ2v) is 5.18. The molecule has 1 aromatic carbocycles. The summed E-state index contributed by atoms with van der Waals surface area (Å²) >= 11 is 3.37. The number of amides is 1. The molecule has 0 aromatic heterocycles. The molecule has 1 heterocycles. The van der Waals surface area contributed by atoms with Crippen LogP contribution < -0.4 is 5.32 Å². The Morgan fingerprint density at radius 2 is 2.22 bits per heavy atom. The standard InChI is InChI=1S/C14H16BrNO2/c15-12-6-3-11(4-7-12)5-8-14(17)16-10-13-2-1-9-18-13/h3-8,13H,1-2,9-10H2,(H,16,17)/b8-5+/t13-/m0/s1. The van der Waals surface area contributed by atoms with Crippen LogP contribution in [0.3, 0.4) is 0 Å². The number of benzene rings is 1. The number of carbonyl (C=O) groups excluding carboxylic acids is 1. The zero-order valence-corrected chi connectivity index (χ0v) is 11.7. The van der Waals surface area contributed by atoms with Gasteiger partial charge in [-0.25, -0.2) is 0 Å². The summed E-state index contributed by atoms with van der Waals surface area (Å²) in [5.41, 5.74) is 1.01. The van der Waals surface area contributed by atoms with Gasteiger partial charge < -0.3 is 10.1 Å². The Kier molecular flexibility index (Phi) is 4.96. The molecule has 1 aliphatic heterocycles. The van der Waals surface area contributed by atoms with Crippen molar-refractivity contribution in [3.05, 3.63) is 40.4 Å². The summed E-state index contributed by atoms with van der Waals surface area (Å²) in [5, 5.41) is 2.85. The summed E-state index contributed by atoms with van der Waals surface area (Å²) in [6.07, 6.45) is 5.68. The lowest BCUT2D eigenvalue weighted by Gasteiger charge is -2.08. The summed E-state index contributed by atoms with van der Waals surface area (Å²) < 4.78 is 6.47. The Morgan fingerprint density at radius 3 is 2.89 bits per heavy atom. The highest BCUT2D eigenvalue weighted by Gasteiger charge is 2.15. The number of ether oxygens (including phenoxy) is 1. The van der Waals surface area contributed by atoms with E-state index in [4.69, 9.17) is 4.74 Å². The third-order valence-corrected chi connectivity index (χ3v) is 3.35. The molecule has 0 bridgehead atoms. The summed E-state index contributed by atoms with van der Waals surface area (Å²) in [7, 11) is 0. The van der Waals surface area contributed by atoms with Crippen molar-refractivity contribution in [3.8, 4) is 0 Å². The van der Waals surface area contributed by atoms with E-state index in [-0.39, 0.29) is 12.0 Å². The highest BCUT2D eigenvalue weighted by molar-refractivity contribution is 9.10. The smallest absolute Gasteiger partial charge is 0.244 e. The van der Waals surface area contributed by atoms with Crippen LogP contribution in [0.1, 0.15) is 18.4 Å². The number of hydrogen-bond acceptors (Lipinski definition) is 2. The van der Waals surface area contributed by atoms with Crippen molar-refractivity contribution < 1.29 is 9.53 Å². The molecule has 1 aromatic rings. The fourth-order valence-corrected chi connectivity index (χ4v) is 2.09. The van der Waals surface area contributed by atoms with Crippen LogP contribution in [-0.4, -0.2) is 25.2 Å². The van der Waals surface area contributed by atoms with Gasteiger partial charge in [0.1, 0.15) is 0 Å². The minimum atomic E-state index is -0.0755. The highest BCUT2D eigenvalue weighted by atomic mass is 79.9. The average molecular weight is 310 g/mol. The molecule has 0 aliphatic carbocycles. The van der Waals surface area contributed by atoms with Crippen molar-refractivity contribution in [2.24, 2.45) is 0 Å². The Balaban J connectivity index is 1.77. The van der Waals surface area contributed by atoms with Crippen molar-refractivity contribution in [2.45, 2.75) is 18.9 Å². The van der Waals surface area contributed by atoms with E-state index in [1.54, 1.807) is 12.2 Å². The van der Waals surface area contributed by atoms with Gasteiger partial charge >= 0.3 is 0 Å². The fourth-order valence-electron chi connectivity index (χ4n) is 1.82. The van der Waals surface area contributed by atoms with Crippen LogP contribution in [-0.2, 0) is 9.53 Å². The van der Waals surface area contributed by atoms with E-state index in [1.165, 1.54) is 0 Å². The topological polar surface area (TPSA) is 38.3 Å². The predicted octanol–water partition coefficient (Wildman–Crippen LogP) is 2.76. The molecule has 3 nitrogen and oxygen atoms in total. The van der Waals surface area contributed by atoms with Crippen molar-refractivity contribution >= 4 is 27.9 Å². The highest BCUT2D eigenvalue weighted by Crippen LogP contribution is 2.12. The molecular formula is C14H16BrNO2. The largest absolute Gasteiger partial charge is 0.376 e. The normalized spacial score (nSPS) is 19.3. The van der Waals surface area contributed by atoms with Gasteiger partial charge in [-0.05, 0) is 36.6 Å². The second kappa shape index (κ2) is 6.71. The van der Waals surface area contributed by atoms with E-state index in [9.17, 15) is 4.79 Å². The zero-order valence-electron chi connectivity index (χ0n) is 10.1. The molecule has 1 fully saturated rings. The van der Waals surface area contributed by atoms with Crippen LogP contribution in [0.4, 0.5) is 0 Å². The van der Waals surface area contributed by atoms with E-state index in [1.807, 2.05) is 24.3 Å². The summed E-state index contributed by atoms with van der Waals surface area (Å²) in [6.45, 7) is 1.42. The van der Waals surface area contributed by atoms with Gasteiger partial charge in [0.2, 0.25) is 5.91 Å². The number of carbonyl (C=O) groups is 1. The number of nitrogens with one attached hydrogen (secondary N) is 1. The van der Waals surface area contributed by atoms with E-state index >= 15 is 0 Å². The van der Waals surface area contributed by atoms with Crippen molar-refractivity contribution in [3.63, 3.8) is 0 Å². The molecule has 1 atom stereocenters. The van der Waals surface area contributed by atoms with Crippen molar-refractivity contribution in [2.75, 3.05) is 13.2 Å². The first-order valence-corrected chi connectivity index (χ1v) is 6.86. The molecule has 0 unspecified atom stereocenters. The minimum absolute atomic E-state index is 0.0755. The van der Waals surface area contributed by atoms with Crippen LogP contribution in [0, 0.1) is 0 Å². The first kappa shape index (κ1) is 13.3. The zero-order chi connectivity index (χ0) is 12.8. The predicted molar refractivity (Wildman–Crippen MR) is 75.2 cm³/mol. The minimum Gasteiger partial charge on any atom is -0.376 e. The molecule has 0 saturated carbocycles. The Bertz CT molecular complexity index is 422. The van der Waals surface area contributed by atoms with E-state index in [2.05, 4.69) is 21.2 Å². The molecule has 1 amide bonds. The molecule has 1 aliphatic rings. The van der Waals surface area contributed by atoms with Gasteiger partial charge in [0.05, 0.1) is 6.10 Å². The van der Waals surface area contributed by atoms with Gasteiger partial charge in [-0.1, -0.05) is 28.1 Å². The van der Waals surface area contributed by atoms with Gasteiger partial charge in [-0.2, -0.15) is 0 Å². The Morgan fingerprint density at radius 1 is 1.44 bits per heavy atom. The maximum atomic E-state index is 11.6. The lowest BCUT2D eigenvalue weighted by Crippen LogP contribution is -2.30. The SMILES string of the molecule is O=C(/C=C/c1ccc(Br)cc1)NC[C@@H]1CCCO1. The summed E-state index contributed by atoms with van der Waals surface area (Å²) in [6, 6.07) is 7.80. The Labute approximate surface area is 115 Å². The molecule has 96 valence electrons. The molecule has 2 rings (SSSR count). The van der Waals surface area contributed by atoms with Crippen LogP contribution in [0.25, 0.3) is 6.08 Å². The monoisotopic (exact) mass is 309 g/mol. The van der Waals surface area contributed by atoms with E-state index < -0.39 is 0 Å². The average Bonchev–Trinajstić information content (AvgIpc) is 2.89. The van der Waals surface area contributed by atoms with Gasteiger partial charge in [-0.3, -0.25) is 4.79 Å². The molecule has 1 saturated heterocycles. The third-order valence-electron chi connectivity index (χ3n) is 2.83. The second-order valence-electron chi connectivity index (χ2n) is 4.27. The third kappa shape index (κ3) is 4.27. The maximum Gasteiger partial charge on any atom is 0.244 e.